The lowest BCUT2D eigenvalue weighted by atomic mass is 9.95. The summed E-state index contributed by atoms with van der Waals surface area (Å²) in [5.74, 6) is -0.639. The molecule has 2 aliphatic rings. The van der Waals surface area contributed by atoms with E-state index in [1.807, 2.05) is 0 Å². The zero-order valence-corrected chi connectivity index (χ0v) is 16.2. The van der Waals surface area contributed by atoms with Gasteiger partial charge in [-0.2, -0.15) is 8.42 Å². The maximum atomic E-state index is 11.4. The Morgan fingerprint density at radius 2 is 1.66 bits per heavy atom. The van der Waals surface area contributed by atoms with Crippen molar-refractivity contribution in [3.63, 3.8) is 0 Å². The average Bonchev–Trinajstić information content (AvgIpc) is 2.61. The molecule has 0 bridgehead atoms. The van der Waals surface area contributed by atoms with Crippen LogP contribution in [-0.4, -0.2) is 112 Å². The van der Waals surface area contributed by atoms with Gasteiger partial charge < -0.3 is 45.1 Å². The van der Waals surface area contributed by atoms with Gasteiger partial charge in [-0.25, -0.2) is 4.18 Å². The molecule has 2 rings (SSSR count). The highest BCUT2D eigenvalue weighted by atomic mass is 32.3. The SMILES string of the molecule is CC(=O)N[C@H]1C(O)O[C@H](COS(=O)(=O)O)[C@@H](O)[C@@H]1O[C@@H]1O[C@@H](C)[C@@H](O)[C@@H](O)[C@@H]1O. The third kappa shape index (κ3) is 6.02. The fourth-order valence-corrected chi connectivity index (χ4v) is 3.36. The van der Waals surface area contributed by atoms with Crippen molar-refractivity contribution in [2.75, 3.05) is 6.61 Å². The number of hydrogen-bond acceptors (Lipinski definition) is 12. The highest BCUT2D eigenvalue weighted by Crippen LogP contribution is 2.28. The molecule has 1 unspecified atom stereocenters. The van der Waals surface area contributed by atoms with Crippen molar-refractivity contribution in [3.8, 4) is 0 Å². The van der Waals surface area contributed by atoms with E-state index in [1.165, 1.54) is 6.92 Å². The number of aliphatic hydroxyl groups excluding tert-OH is 5. The maximum absolute atomic E-state index is 11.4. The fourth-order valence-electron chi connectivity index (χ4n) is 3.06. The van der Waals surface area contributed by atoms with E-state index < -0.39 is 84.3 Å². The molecule has 0 spiro atoms. The quantitative estimate of drug-likeness (QED) is 0.191. The van der Waals surface area contributed by atoms with Crippen LogP contribution in [0.3, 0.4) is 0 Å². The van der Waals surface area contributed by atoms with E-state index >= 15 is 0 Å². The highest BCUT2D eigenvalue weighted by Gasteiger charge is 2.50. The molecule has 0 radical (unpaired) electrons. The third-order valence-electron chi connectivity index (χ3n) is 4.54. The first-order valence-electron chi connectivity index (χ1n) is 8.57. The Bertz CT molecular complexity index is 674. The Morgan fingerprint density at radius 3 is 2.21 bits per heavy atom. The minimum Gasteiger partial charge on any atom is -0.388 e. The van der Waals surface area contributed by atoms with Gasteiger partial charge in [0.15, 0.2) is 12.6 Å². The zero-order chi connectivity index (χ0) is 22.1. The normalized spacial score (nSPS) is 43.7. The fraction of sp³-hybridized carbons (Fsp3) is 0.929. The summed E-state index contributed by atoms with van der Waals surface area (Å²) in [6, 6.07) is -1.39. The van der Waals surface area contributed by atoms with E-state index in [9.17, 15) is 38.7 Å². The molecule has 10 atom stereocenters. The molecule has 7 N–H and O–H groups in total. The summed E-state index contributed by atoms with van der Waals surface area (Å²) in [7, 11) is -4.88. The van der Waals surface area contributed by atoms with Crippen LogP contribution in [0, 0.1) is 0 Å². The van der Waals surface area contributed by atoms with Crippen LogP contribution in [0.2, 0.25) is 0 Å². The van der Waals surface area contributed by atoms with Crippen LogP contribution in [0.15, 0.2) is 0 Å². The molecule has 0 aromatic heterocycles. The molecule has 2 fully saturated rings. The number of carbonyl (C=O) groups excluding carboxylic acids is 1. The number of ether oxygens (including phenoxy) is 3. The molecule has 1 amide bonds. The van der Waals surface area contributed by atoms with Gasteiger partial charge in [-0.3, -0.25) is 9.35 Å². The van der Waals surface area contributed by atoms with Gasteiger partial charge in [0.05, 0.1) is 12.7 Å². The second kappa shape index (κ2) is 9.44. The molecule has 0 aromatic carbocycles. The zero-order valence-electron chi connectivity index (χ0n) is 15.4. The largest absolute Gasteiger partial charge is 0.397 e. The third-order valence-corrected chi connectivity index (χ3v) is 4.98. The van der Waals surface area contributed by atoms with Gasteiger partial charge in [0.1, 0.15) is 42.7 Å². The van der Waals surface area contributed by atoms with Gasteiger partial charge in [0, 0.05) is 6.92 Å². The van der Waals surface area contributed by atoms with Crippen LogP contribution in [0.4, 0.5) is 0 Å². The summed E-state index contributed by atoms with van der Waals surface area (Å²) in [5.41, 5.74) is 0. The van der Waals surface area contributed by atoms with Crippen molar-refractivity contribution in [1.82, 2.24) is 5.32 Å². The summed E-state index contributed by atoms with van der Waals surface area (Å²) in [6.07, 6.45) is -14.0. The molecule has 15 heteroatoms. The van der Waals surface area contributed by atoms with Crippen LogP contribution in [-0.2, 0) is 33.6 Å². The molecule has 2 saturated heterocycles. The topological polar surface area (TPSA) is 222 Å². The predicted octanol–water partition coefficient (Wildman–Crippen LogP) is -4.40. The summed E-state index contributed by atoms with van der Waals surface area (Å²) in [5, 5.41) is 52.7. The lowest BCUT2D eigenvalue weighted by Gasteiger charge is -2.46. The lowest BCUT2D eigenvalue weighted by Crippen LogP contribution is -2.67. The second-order valence-corrected chi connectivity index (χ2v) is 7.87. The maximum Gasteiger partial charge on any atom is 0.397 e. The van der Waals surface area contributed by atoms with E-state index in [0.29, 0.717) is 0 Å². The van der Waals surface area contributed by atoms with Crippen LogP contribution in [0.1, 0.15) is 13.8 Å². The summed E-state index contributed by atoms with van der Waals surface area (Å²) in [6.45, 7) is 1.59. The van der Waals surface area contributed by atoms with Gasteiger partial charge in [0.25, 0.3) is 0 Å². The molecule has 0 saturated carbocycles. The molecule has 170 valence electrons. The molecule has 29 heavy (non-hydrogen) atoms. The molecule has 0 aliphatic carbocycles. The van der Waals surface area contributed by atoms with Crippen LogP contribution < -0.4 is 5.32 Å². The second-order valence-electron chi connectivity index (χ2n) is 6.78. The Balaban J connectivity index is 2.22. The number of rotatable bonds is 6. The highest BCUT2D eigenvalue weighted by molar-refractivity contribution is 7.80. The van der Waals surface area contributed by atoms with Crippen LogP contribution in [0.5, 0.6) is 0 Å². The van der Waals surface area contributed by atoms with Crippen molar-refractivity contribution in [1.29, 1.82) is 0 Å². The first-order valence-corrected chi connectivity index (χ1v) is 9.94. The van der Waals surface area contributed by atoms with Crippen molar-refractivity contribution in [2.24, 2.45) is 0 Å². The monoisotopic (exact) mass is 447 g/mol. The molecule has 14 nitrogen and oxygen atoms in total. The van der Waals surface area contributed by atoms with Crippen molar-refractivity contribution in [3.05, 3.63) is 0 Å². The number of nitrogens with one attached hydrogen (secondary N) is 1. The minimum atomic E-state index is -4.88. The van der Waals surface area contributed by atoms with Gasteiger partial charge in [-0.1, -0.05) is 0 Å². The Morgan fingerprint density at radius 1 is 1.03 bits per heavy atom. The molecule has 0 aromatic rings. The van der Waals surface area contributed by atoms with E-state index in [4.69, 9.17) is 18.8 Å². The first-order chi connectivity index (χ1) is 13.3. The molecular formula is C14H25NO13S. The van der Waals surface area contributed by atoms with Gasteiger partial charge >= 0.3 is 10.4 Å². The lowest BCUT2D eigenvalue weighted by molar-refractivity contribution is -0.337. The molecule has 2 heterocycles. The van der Waals surface area contributed by atoms with E-state index in [2.05, 4.69) is 9.50 Å². The average molecular weight is 447 g/mol. The van der Waals surface area contributed by atoms with Gasteiger partial charge in [-0.05, 0) is 6.92 Å². The van der Waals surface area contributed by atoms with Crippen LogP contribution in [0.25, 0.3) is 0 Å². The Kier molecular flexibility index (Phi) is 7.91. The first kappa shape index (κ1) is 24.3. The minimum absolute atomic E-state index is 0.639. The standard InChI is InChI=1S/C14H25NO13S/c1-4-8(17)10(19)11(20)14(26-4)28-12-7(15-5(2)16)13(21)27-6(9(12)18)3-25-29(22,23)24/h4,6-14,17-21H,3H2,1-2H3,(H,15,16)(H,22,23,24)/t4-,6+,7+,8+,9+,10+,11-,12+,13?,14-/m0/s1. The Labute approximate surface area is 165 Å². The summed E-state index contributed by atoms with van der Waals surface area (Å²) < 4.78 is 50.1. The number of aliphatic hydroxyl groups is 5. The number of carbonyl (C=O) groups is 1. The smallest absolute Gasteiger partial charge is 0.388 e. The van der Waals surface area contributed by atoms with E-state index in [1.54, 1.807) is 0 Å². The van der Waals surface area contributed by atoms with Crippen molar-refractivity contribution in [2.45, 2.75) is 75.2 Å². The van der Waals surface area contributed by atoms with Crippen molar-refractivity contribution < 1.29 is 61.7 Å². The van der Waals surface area contributed by atoms with Gasteiger partial charge in [-0.15, -0.1) is 0 Å². The van der Waals surface area contributed by atoms with Crippen molar-refractivity contribution >= 4 is 16.3 Å². The summed E-state index contributed by atoms with van der Waals surface area (Å²) >= 11 is 0. The van der Waals surface area contributed by atoms with E-state index in [-0.39, 0.29) is 0 Å². The Hall–Kier alpha value is -0.980. The number of amides is 1. The molecule has 2 aliphatic heterocycles. The van der Waals surface area contributed by atoms with Gasteiger partial charge in [0.2, 0.25) is 5.91 Å². The predicted molar refractivity (Wildman–Crippen MR) is 89.2 cm³/mol. The van der Waals surface area contributed by atoms with Crippen LogP contribution >= 0.6 is 0 Å². The van der Waals surface area contributed by atoms with E-state index in [0.717, 1.165) is 6.92 Å². The summed E-state index contributed by atoms with van der Waals surface area (Å²) in [4.78, 5) is 11.4. The number of hydrogen-bond donors (Lipinski definition) is 7. The molecular weight excluding hydrogens is 422 g/mol.